The molecule has 3 N–H and O–H groups in total. The van der Waals surface area contributed by atoms with Crippen molar-refractivity contribution in [2.45, 2.75) is 63.3 Å². The van der Waals surface area contributed by atoms with Gasteiger partial charge in [0, 0.05) is 24.0 Å². The van der Waals surface area contributed by atoms with Crippen molar-refractivity contribution in [2.75, 3.05) is 5.32 Å². The first-order valence-corrected chi connectivity index (χ1v) is 11.9. The lowest BCUT2D eigenvalue weighted by atomic mass is 9.82. The number of aromatic nitrogens is 3. The van der Waals surface area contributed by atoms with Crippen LogP contribution < -0.4 is 16.2 Å². The summed E-state index contributed by atoms with van der Waals surface area (Å²) in [5.41, 5.74) is -0.141. The largest absolute Gasteiger partial charge is 0.416 e. The van der Waals surface area contributed by atoms with Gasteiger partial charge in [0.05, 0.1) is 29.1 Å². The molecule has 0 saturated heterocycles. The number of nitrogens with zero attached hydrogens (tertiary/aromatic N) is 3. The van der Waals surface area contributed by atoms with Gasteiger partial charge < -0.3 is 15.6 Å². The van der Waals surface area contributed by atoms with Crippen molar-refractivity contribution in [3.05, 3.63) is 52.4 Å². The molecular weight excluding hydrogens is 457 g/mol. The first-order valence-electron chi connectivity index (χ1n) is 11.9. The van der Waals surface area contributed by atoms with Crippen molar-refractivity contribution in [3.8, 4) is 6.07 Å². The van der Waals surface area contributed by atoms with Crippen molar-refractivity contribution < 1.29 is 13.2 Å². The second-order valence-corrected chi connectivity index (χ2v) is 9.67. The van der Waals surface area contributed by atoms with E-state index in [0.717, 1.165) is 30.9 Å². The highest BCUT2D eigenvalue weighted by Gasteiger charge is 2.36. The Morgan fingerprint density at radius 2 is 1.91 bits per heavy atom. The maximum Gasteiger partial charge on any atom is 0.416 e. The van der Waals surface area contributed by atoms with Gasteiger partial charge in [-0.25, -0.2) is 0 Å². The van der Waals surface area contributed by atoms with Crippen LogP contribution in [-0.4, -0.2) is 26.8 Å². The molecule has 184 valence electrons. The number of nitriles is 1. The molecule has 0 aliphatic heterocycles. The summed E-state index contributed by atoms with van der Waals surface area (Å²) in [6.45, 7) is 2.21. The summed E-state index contributed by atoms with van der Waals surface area (Å²) >= 11 is 0. The SMILES string of the molecule is C[C@H](N[C@H]1CC[C@H](n2nc(Nc3ccc(C(F)(F)F)cc3)c3c(=O)[nH]ccc32)[C@@H](C#N)C1)C1CC1. The number of rotatable bonds is 6. The molecule has 4 atom stereocenters. The molecule has 7 nitrogen and oxygen atoms in total. The Morgan fingerprint density at radius 3 is 2.57 bits per heavy atom. The summed E-state index contributed by atoms with van der Waals surface area (Å²) < 4.78 is 40.5. The Balaban J connectivity index is 1.42. The quantitative estimate of drug-likeness (QED) is 0.452. The van der Waals surface area contributed by atoms with Crippen LogP contribution in [0.2, 0.25) is 0 Å². The molecule has 0 spiro atoms. The Labute approximate surface area is 200 Å². The van der Waals surface area contributed by atoms with E-state index in [4.69, 9.17) is 0 Å². The second-order valence-electron chi connectivity index (χ2n) is 9.67. The molecule has 5 rings (SSSR count). The smallest absolute Gasteiger partial charge is 0.338 e. The Kier molecular flexibility index (Phi) is 6.05. The zero-order chi connectivity index (χ0) is 24.7. The van der Waals surface area contributed by atoms with Gasteiger partial charge in [-0.1, -0.05) is 0 Å². The van der Waals surface area contributed by atoms with E-state index >= 15 is 0 Å². The van der Waals surface area contributed by atoms with Gasteiger partial charge in [0.2, 0.25) is 0 Å². The van der Waals surface area contributed by atoms with Crippen LogP contribution in [0.15, 0.2) is 41.3 Å². The molecule has 0 amide bonds. The van der Waals surface area contributed by atoms with E-state index < -0.39 is 11.7 Å². The number of halogens is 3. The van der Waals surface area contributed by atoms with Crippen LogP contribution in [0.4, 0.5) is 24.7 Å². The molecule has 35 heavy (non-hydrogen) atoms. The first kappa shape index (κ1) is 23.4. The standard InChI is InChI=1S/C25H27F3N6O/c1-14(15-2-3-15)31-19-8-9-20(16(12-19)13-29)34-21-10-11-30-24(35)22(21)23(33-34)32-18-6-4-17(5-7-18)25(26,27)28/h4-7,10-11,14-16,19-20,31H,2-3,8-9,12H2,1H3,(H,30,35)(H,32,33)/t14-,16+,19-,20-/m0/s1. The van der Waals surface area contributed by atoms with Crippen LogP contribution in [0.1, 0.15) is 50.6 Å². The number of hydrogen-bond acceptors (Lipinski definition) is 5. The van der Waals surface area contributed by atoms with Crippen LogP contribution in [0.3, 0.4) is 0 Å². The van der Waals surface area contributed by atoms with Crippen molar-refractivity contribution in [1.29, 1.82) is 5.26 Å². The average molecular weight is 485 g/mol. The third-order valence-electron chi connectivity index (χ3n) is 7.23. The zero-order valence-electron chi connectivity index (χ0n) is 19.3. The fraction of sp³-hybridized carbons (Fsp3) is 0.480. The topological polar surface area (TPSA) is 98.5 Å². The summed E-state index contributed by atoms with van der Waals surface area (Å²) in [5, 5.41) is 21.6. The molecule has 0 bridgehead atoms. The summed E-state index contributed by atoms with van der Waals surface area (Å²) in [7, 11) is 0. The molecule has 2 aliphatic carbocycles. The lowest BCUT2D eigenvalue weighted by molar-refractivity contribution is -0.137. The molecule has 1 aromatic carbocycles. The van der Waals surface area contributed by atoms with E-state index in [1.54, 1.807) is 10.7 Å². The monoisotopic (exact) mass is 484 g/mol. The fourth-order valence-corrected chi connectivity index (χ4v) is 5.16. The number of aromatic amines is 1. The van der Waals surface area contributed by atoms with E-state index in [1.807, 2.05) is 0 Å². The maximum atomic E-state index is 12.9. The molecule has 2 fully saturated rings. The Morgan fingerprint density at radius 1 is 1.17 bits per heavy atom. The van der Waals surface area contributed by atoms with Crippen molar-refractivity contribution in [3.63, 3.8) is 0 Å². The van der Waals surface area contributed by atoms with Gasteiger partial charge in [-0.3, -0.25) is 9.48 Å². The second kappa shape index (κ2) is 9.04. The van der Waals surface area contributed by atoms with Crippen LogP contribution >= 0.6 is 0 Å². The molecule has 2 saturated carbocycles. The van der Waals surface area contributed by atoms with E-state index in [9.17, 15) is 23.2 Å². The minimum atomic E-state index is -4.43. The molecule has 2 aliphatic rings. The number of H-pyrrole nitrogens is 1. The van der Waals surface area contributed by atoms with Crippen molar-refractivity contribution in [1.82, 2.24) is 20.1 Å². The van der Waals surface area contributed by atoms with E-state index in [2.05, 4.69) is 33.7 Å². The number of hydrogen-bond donors (Lipinski definition) is 3. The summed E-state index contributed by atoms with van der Waals surface area (Å²) in [4.78, 5) is 15.3. The fourth-order valence-electron chi connectivity index (χ4n) is 5.16. The maximum absolute atomic E-state index is 12.9. The minimum absolute atomic E-state index is 0.207. The molecule has 10 heteroatoms. The van der Waals surface area contributed by atoms with Gasteiger partial charge >= 0.3 is 6.18 Å². The molecular formula is C25H27F3N6O. The zero-order valence-corrected chi connectivity index (χ0v) is 19.3. The molecule has 2 aromatic heterocycles. The molecule has 0 unspecified atom stereocenters. The van der Waals surface area contributed by atoms with E-state index in [1.165, 1.54) is 31.2 Å². The van der Waals surface area contributed by atoms with Gasteiger partial charge in [-0.05, 0) is 75.3 Å². The van der Waals surface area contributed by atoms with Gasteiger partial charge in [0.15, 0.2) is 5.82 Å². The number of pyridine rings is 1. The van der Waals surface area contributed by atoms with E-state index in [0.29, 0.717) is 29.1 Å². The van der Waals surface area contributed by atoms with Gasteiger partial charge in [-0.15, -0.1) is 0 Å². The minimum Gasteiger partial charge on any atom is -0.338 e. The van der Waals surface area contributed by atoms with Crippen LogP contribution in [0, 0.1) is 23.2 Å². The highest BCUT2D eigenvalue weighted by Crippen LogP contribution is 2.39. The van der Waals surface area contributed by atoms with Gasteiger partial charge in [0.25, 0.3) is 5.56 Å². The lowest BCUT2D eigenvalue weighted by Gasteiger charge is -2.35. The Bertz CT molecular complexity index is 1300. The molecule has 0 radical (unpaired) electrons. The lowest BCUT2D eigenvalue weighted by Crippen LogP contribution is -2.43. The van der Waals surface area contributed by atoms with Gasteiger partial charge in [0.1, 0.15) is 5.39 Å². The van der Waals surface area contributed by atoms with E-state index in [-0.39, 0.29) is 29.4 Å². The summed E-state index contributed by atoms with van der Waals surface area (Å²) in [6, 6.07) is 9.27. The number of fused-ring (bicyclic) bond motifs is 1. The third-order valence-corrected chi connectivity index (χ3v) is 7.23. The normalized spacial score (nSPS) is 23.7. The number of anilines is 2. The number of alkyl halides is 3. The van der Waals surface area contributed by atoms with Gasteiger partial charge in [-0.2, -0.15) is 23.5 Å². The third kappa shape index (κ3) is 4.78. The van der Waals surface area contributed by atoms with Crippen LogP contribution in [-0.2, 0) is 6.18 Å². The molecule has 2 heterocycles. The summed E-state index contributed by atoms with van der Waals surface area (Å²) in [6.07, 6.45) is 1.95. The summed E-state index contributed by atoms with van der Waals surface area (Å²) in [5.74, 6) is 0.698. The predicted octanol–water partition coefficient (Wildman–Crippen LogP) is 5.11. The molecule has 3 aromatic rings. The predicted molar refractivity (Wildman–Crippen MR) is 126 cm³/mol. The van der Waals surface area contributed by atoms with Crippen LogP contribution in [0.5, 0.6) is 0 Å². The highest BCUT2D eigenvalue weighted by molar-refractivity contribution is 5.91. The number of benzene rings is 1. The number of nitrogens with one attached hydrogen (secondary N) is 3. The Hall–Kier alpha value is -3.32. The van der Waals surface area contributed by atoms with Crippen LogP contribution in [0.25, 0.3) is 10.9 Å². The highest BCUT2D eigenvalue weighted by atomic mass is 19.4. The average Bonchev–Trinajstić information content (AvgIpc) is 3.62. The van der Waals surface area contributed by atoms with Crippen molar-refractivity contribution in [2.24, 2.45) is 11.8 Å². The first-order chi connectivity index (χ1) is 16.7. The van der Waals surface area contributed by atoms with Crippen molar-refractivity contribution >= 4 is 22.4 Å².